The second kappa shape index (κ2) is 7.52. The fourth-order valence-corrected chi connectivity index (χ4v) is 3.21. The summed E-state index contributed by atoms with van der Waals surface area (Å²) < 4.78 is 13.8. The molecule has 2 saturated heterocycles. The number of hydrogen-bond donors (Lipinski definition) is 0. The van der Waals surface area contributed by atoms with Gasteiger partial charge in [0.2, 0.25) is 0 Å². The molecule has 0 aliphatic carbocycles. The van der Waals surface area contributed by atoms with Gasteiger partial charge in [-0.1, -0.05) is 33.6 Å². The smallest absolute Gasteiger partial charge is 0.336 e. The van der Waals surface area contributed by atoms with Gasteiger partial charge >= 0.3 is 17.1 Å². The van der Waals surface area contributed by atoms with Crippen molar-refractivity contribution in [3.05, 3.63) is 31.5 Å². The SMILES string of the molecule is CCC(C)(CC)CCCn1c(=O)n(CC2CO2)c(=O)n(CC2CO2)c1=O. The van der Waals surface area contributed by atoms with Crippen molar-refractivity contribution in [2.75, 3.05) is 13.2 Å². The van der Waals surface area contributed by atoms with Crippen molar-refractivity contribution in [1.29, 1.82) is 0 Å². The Labute approximate surface area is 152 Å². The molecule has 2 atom stereocenters. The Morgan fingerprint density at radius 2 is 1.31 bits per heavy atom. The third-order valence-corrected chi connectivity index (χ3v) is 5.83. The van der Waals surface area contributed by atoms with Crippen LogP contribution in [0, 0.1) is 5.41 Å². The van der Waals surface area contributed by atoms with Gasteiger partial charge in [-0.3, -0.25) is 0 Å². The van der Waals surface area contributed by atoms with Crippen LogP contribution in [-0.2, 0) is 29.1 Å². The van der Waals surface area contributed by atoms with E-state index in [9.17, 15) is 14.4 Å². The third kappa shape index (κ3) is 4.17. The van der Waals surface area contributed by atoms with Crippen LogP contribution in [-0.4, -0.2) is 39.1 Å². The maximum absolute atomic E-state index is 12.7. The van der Waals surface area contributed by atoms with Crippen LogP contribution in [0.2, 0.25) is 0 Å². The van der Waals surface area contributed by atoms with Crippen LogP contribution in [0.5, 0.6) is 0 Å². The van der Waals surface area contributed by atoms with Gasteiger partial charge < -0.3 is 9.47 Å². The molecule has 1 aromatic rings. The van der Waals surface area contributed by atoms with E-state index in [1.165, 1.54) is 4.57 Å². The zero-order valence-corrected chi connectivity index (χ0v) is 15.9. The van der Waals surface area contributed by atoms with Crippen LogP contribution in [0.15, 0.2) is 14.4 Å². The van der Waals surface area contributed by atoms with Crippen LogP contribution < -0.4 is 17.1 Å². The lowest BCUT2D eigenvalue weighted by Gasteiger charge is -2.26. The number of epoxide rings is 2. The average molecular weight is 367 g/mol. The Kier molecular flexibility index (Phi) is 5.53. The molecule has 8 nitrogen and oxygen atoms in total. The zero-order chi connectivity index (χ0) is 18.9. The molecule has 2 fully saturated rings. The molecule has 0 spiro atoms. The monoisotopic (exact) mass is 367 g/mol. The predicted octanol–water partition coefficient (Wildman–Crippen LogP) is 0.576. The van der Waals surface area contributed by atoms with Crippen molar-refractivity contribution in [2.45, 2.75) is 78.3 Å². The molecule has 2 unspecified atom stereocenters. The maximum atomic E-state index is 12.7. The van der Waals surface area contributed by atoms with E-state index in [1.807, 2.05) is 0 Å². The number of hydrogen-bond acceptors (Lipinski definition) is 5. The van der Waals surface area contributed by atoms with Gasteiger partial charge in [0.05, 0.1) is 38.5 Å². The van der Waals surface area contributed by atoms with E-state index in [-0.39, 0.29) is 30.7 Å². The molecule has 146 valence electrons. The standard InChI is InChI=1S/C18H29N3O5/c1-4-18(3,5-2)7-6-8-19-15(22)20(9-13-11-25-13)17(24)21(16(19)23)10-14-12-26-14/h13-14H,4-12H2,1-3H3. The quantitative estimate of drug-likeness (QED) is 0.564. The first-order chi connectivity index (χ1) is 12.4. The lowest BCUT2D eigenvalue weighted by atomic mass is 9.80. The molecule has 3 heterocycles. The molecule has 0 radical (unpaired) electrons. The van der Waals surface area contributed by atoms with Crippen molar-refractivity contribution < 1.29 is 9.47 Å². The highest BCUT2D eigenvalue weighted by Gasteiger charge is 2.29. The van der Waals surface area contributed by atoms with Crippen LogP contribution in [0.25, 0.3) is 0 Å². The van der Waals surface area contributed by atoms with Crippen LogP contribution in [0.4, 0.5) is 0 Å². The summed E-state index contributed by atoms with van der Waals surface area (Å²) in [6.07, 6.45) is 3.55. The van der Waals surface area contributed by atoms with Gasteiger partial charge in [0.15, 0.2) is 0 Å². The number of nitrogens with zero attached hydrogens (tertiary/aromatic N) is 3. The van der Waals surface area contributed by atoms with Crippen LogP contribution >= 0.6 is 0 Å². The van der Waals surface area contributed by atoms with Crippen molar-refractivity contribution in [3.8, 4) is 0 Å². The van der Waals surface area contributed by atoms with Crippen LogP contribution in [0.3, 0.4) is 0 Å². The minimum absolute atomic E-state index is 0.111. The Hall–Kier alpha value is -1.67. The molecule has 0 saturated carbocycles. The minimum atomic E-state index is -0.561. The maximum Gasteiger partial charge on any atom is 0.336 e. The fraction of sp³-hybridized carbons (Fsp3) is 0.833. The molecule has 2 aliphatic heterocycles. The summed E-state index contributed by atoms with van der Waals surface area (Å²) in [5.74, 6) is 0. The summed E-state index contributed by atoms with van der Waals surface area (Å²) in [5.41, 5.74) is -1.41. The highest BCUT2D eigenvalue weighted by atomic mass is 16.6. The van der Waals surface area contributed by atoms with Crippen molar-refractivity contribution >= 4 is 0 Å². The van der Waals surface area contributed by atoms with Gasteiger partial charge in [0.1, 0.15) is 0 Å². The van der Waals surface area contributed by atoms with E-state index in [1.54, 1.807) is 0 Å². The zero-order valence-electron chi connectivity index (χ0n) is 15.9. The largest absolute Gasteiger partial charge is 0.371 e. The van der Waals surface area contributed by atoms with E-state index in [4.69, 9.17) is 9.47 Å². The Bertz CT molecular complexity index is 757. The Morgan fingerprint density at radius 1 is 0.885 bits per heavy atom. The molecule has 26 heavy (non-hydrogen) atoms. The highest BCUT2D eigenvalue weighted by molar-refractivity contribution is 4.85. The molecule has 0 N–H and O–H groups in total. The first kappa shape index (κ1) is 19.1. The van der Waals surface area contributed by atoms with E-state index >= 15 is 0 Å². The lowest BCUT2D eigenvalue weighted by molar-refractivity contribution is 0.256. The van der Waals surface area contributed by atoms with Gasteiger partial charge in [-0.2, -0.15) is 0 Å². The minimum Gasteiger partial charge on any atom is -0.371 e. The fourth-order valence-electron chi connectivity index (χ4n) is 3.21. The van der Waals surface area contributed by atoms with E-state index in [2.05, 4.69) is 20.8 Å². The number of rotatable bonds is 10. The van der Waals surface area contributed by atoms with Gasteiger partial charge in [-0.05, 0) is 18.3 Å². The molecule has 0 bridgehead atoms. The normalized spacial score (nSPS) is 21.8. The summed E-state index contributed by atoms with van der Waals surface area (Å²) in [6.45, 7) is 8.36. The van der Waals surface area contributed by atoms with Crippen molar-refractivity contribution in [3.63, 3.8) is 0 Å². The van der Waals surface area contributed by atoms with E-state index in [0.29, 0.717) is 19.8 Å². The second-order valence-electron chi connectivity index (χ2n) is 7.75. The van der Waals surface area contributed by atoms with Gasteiger partial charge in [-0.25, -0.2) is 28.1 Å². The molecule has 1 aromatic heterocycles. The summed E-state index contributed by atoms with van der Waals surface area (Å²) in [7, 11) is 0. The molecule has 2 aliphatic rings. The predicted molar refractivity (Wildman–Crippen MR) is 96.6 cm³/mol. The van der Waals surface area contributed by atoms with Crippen molar-refractivity contribution in [2.24, 2.45) is 5.41 Å². The molecule has 0 amide bonds. The topological polar surface area (TPSA) is 91.1 Å². The highest BCUT2D eigenvalue weighted by Crippen LogP contribution is 2.30. The first-order valence-corrected chi connectivity index (χ1v) is 9.56. The van der Waals surface area contributed by atoms with E-state index in [0.717, 1.165) is 34.8 Å². The van der Waals surface area contributed by atoms with Gasteiger partial charge in [0, 0.05) is 6.54 Å². The summed E-state index contributed by atoms with van der Waals surface area (Å²) in [4.78, 5) is 38.1. The second-order valence-corrected chi connectivity index (χ2v) is 7.75. The summed E-state index contributed by atoms with van der Waals surface area (Å²) >= 11 is 0. The molecule has 0 aromatic carbocycles. The van der Waals surface area contributed by atoms with Crippen LogP contribution in [0.1, 0.15) is 46.5 Å². The Balaban J connectivity index is 1.88. The lowest BCUT2D eigenvalue weighted by Crippen LogP contribution is -2.55. The number of aromatic nitrogens is 3. The van der Waals surface area contributed by atoms with Gasteiger partial charge in [0.25, 0.3) is 0 Å². The molecule has 3 rings (SSSR count). The average Bonchev–Trinajstić information content (AvgIpc) is 3.54. The number of ether oxygens (including phenoxy) is 2. The third-order valence-electron chi connectivity index (χ3n) is 5.83. The first-order valence-electron chi connectivity index (χ1n) is 9.56. The Morgan fingerprint density at radius 3 is 1.69 bits per heavy atom. The molecular formula is C18H29N3O5. The van der Waals surface area contributed by atoms with E-state index < -0.39 is 17.1 Å². The molecule has 8 heteroatoms. The molecular weight excluding hydrogens is 338 g/mol. The van der Waals surface area contributed by atoms with Crippen molar-refractivity contribution in [1.82, 2.24) is 13.7 Å². The summed E-state index contributed by atoms with van der Waals surface area (Å²) in [5, 5.41) is 0. The van der Waals surface area contributed by atoms with Gasteiger partial charge in [-0.15, -0.1) is 0 Å². The summed E-state index contributed by atoms with van der Waals surface area (Å²) in [6, 6.07) is 0.